The van der Waals surface area contributed by atoms with Crippen LogP contribution in [-0.4, -0.2) is 24.1 Å². The van der Waals surface area contributed by atoms with Gasteiger partial charge in [-0.25, -0.2) is 14.5 Å². The first-order valence-corrected chi connectivity index (χ1v) is 10.1. The van der Waals surface area contributed by atoms with E-state index >= 15 is 0 Å². The van der Waals surface area contributed by atoms with Crippen LogP contribution in [0.25, 0.3) is 27.8 Å². The molecule has 0 spiro atoms. The fourth-order valence-corrected chi connectivity index (χ4v) is 3.96. The molecule has 0 saturated carbocycles. The van der Waals surface area contributed by atoms with E-state index in [0.717, 1.165) is 22.4 Å². The summed E-state index contributed by atoms with van der Waals surface area (Å²) in [5.41, 5.74) is 5.17. The SMILES string of the molecule is Cc1cccc(-c2[nH]n3c(=O)cc(C(C)n4cnc5ccccc5c4=O)nc3c2C)c1. The van der Waals surface area contributed by atoms with Crippen molar-refractivity contribution in [1.82, 2.24) is 24.1 Å². The second-order valence-corrected chi connectivity index (χ2v) is 7.81. The van der Waals surface area contributed by atoms with Gasteiger partial charge in [0.2, 0.25) is 0 Å². The number of nitrogens with zero attached hydrogens (tertiary/aromatic N) is 4. The van der Waals surface area contributed by atoms with Crippen LogP contribution in [0.1, 0.15) is 29.8 Å². The molecule has 7 heteroatoms. The molecule has 3 heterocycles. The molecule has 0 fully saturated rings. The molecule has 7 nitrogen and oxygen atoms in total. The number of para-hydroxylation sites is 1. The van der Waals surface area contributed by atoms with Gasteiger partial charge in [-0.15, -0.1) is 0 Å². The molecule has 31 heavy (non-hydrogen) atoms. The Morgan fingerprint density at radius 2 is 1.81 bits per heavy atom. The number of rotatable bonds is 3. The molecule has 0 aliphatic rings. The third kappa shape index (κ3) is 3.06. The number of H-pyrrole nitrogens is 1. The van der Waals surface area contributed by atoms with Gasteiger partial charge in [0.25, 0.3) is 11.1 Å². The molecule has 0 amide bonds. The van der Waals surface area contributed by atoms with Crippen LogP contribution in [0.4, 0.5) is 0 Å². The quantitative estimate of drug-likeness (QED) is 0.491. The average molecular weight is 411 g/mol. The molecule has 3 aromatic heterocycles. The smallest absolute Gasteiger partial charge is 0.272 e. The summed E-state index contributed by atoms with van der Waals surface area (Å²) >= 11 is 0. The summed E-state index contributed by atoms with van der Waals surface area (Å²) in [4.78, 5) is 35.0. The minimum atomic E-state index is -0.445. The highest BCUT2D eigenvalue weighted by Gasteiger charge is 2.18. The van der Waals surface area contributed by atoms with Crippen molar-refractivity contribution < 1.29 is 0 Å². The van der Waals surface area contributed by atoms with Gasteiger partial charge in [-0.05, 0) is 39.0 Å². The lowest BCUT2D eigenvalue weighted by Crippen LogP contribution is -2.26. The fraction of sp³-hybridized carbons (Fsp3) is 0.167. The fourth-order valence-electron chi connectivity index (χ4n) is 3.96. The Balaban J connectivity index is 1.66. The molecule has 2 aromatic carbocycles. The number of aromatic nitrogens is 5. The number of fused-ring (bicyclic) bond motifs is 2. The topological polar surface area (TPSA) is 85.0 Å². The van der Waals surface area contributed by atoms with E-state index in [9.17, 15) is 9.59 Å². The Kier molecular flexibility index (Phi) is 4.32. The van der Waals surface area contributed by atoms with Gasteiger partial charge >= 0.3 is 0 Å². The minimum absolute atomic E-state index is 0.161. The lowest BCUT2D eigenvalue weighted by Gasteiger charge is -2.14. The van der Waals surface area contributed by atoms with Crippen LogP contribution in [0.2, 0.25) is 0 Å². The first-order chi connectivity index (χ1) is 14.9. The van der Waals surface area contributed by atoms with Gasteiger partial charge in [0, 0.05) is 17.2 Å². The van der Waals surface area contributed by atoms with Crippen LogP contribution in [0.3, 0.4) is 0 Å². The molecule has 5 rings (SSSR count). The van der Waals surface area contributed by atoms with Crippen molar-refractivity contribution in [2.45, 2.75) is 26.8 Å². The summed E-state index contributed by atoms with van der Waals surface area (Å²) in [6, 6.07) is 16.3. The second kappa shape index (κ2) is 7.05. The number of hydrogen-bond acceptors (Lipinski definition) is 4. The Morgan fingerprint density at radius 3 is 2.61 bits per heavy atom. The van der Waals surface area contributed by atoms with E-state index in [1.807, 2.05) is 51.1 Å². The van der Waals surface area contributed by atoms with Crippen LogP contribution >= 0.6 is 0 Å². The van der Waals surface area contributed by atoms with E-state index in [1.165, 1.54) is 21.5 Å². The average Bonchev–Trinajstić information content (AvgIpc) is 3.11. The zero-order valence-corrected chi connectivity index (χ0v) is 17.5. The molecule has 1 atom stereocenters. The highest BCUT2D eigenvalue weighted by Crippen LogP contribution is 2.25. The molecule has 0 saturated heterocycles. The first-order valence-electron chi connectivity index (χ1n) is 10.1. The van der Waals surface area contributed by atoms with Crippen molar-refractivity contribution in [2.24, 2.45) is 0 Å². The maximum absolute atomic E-state index is 13.0. The minimum Gasteiger partial charge on any atom is -0.290 e. The summed E-state index contributed by atoms with van der Waals surface area (Å²) in [5, 5.41) is 3.71. The van der Waals surface area contributed by atoms with Gasteiger partial charge < -0.3 is 0 Å². The maximum atomic E-state index is 13.0. The molecule has 154 valence electrons. The summed E-state index contributed by atoms with van der Waals surface area (Å²) in [7, 11) is 0. The van der Waals surface area contributed by atoms with Crippen LogP contribution in [0.5, 0.6) is 0 Å². The zero-order valence-electron chi connectivity index (χ0n) is 17.5. The molecular formula is C24H21N5O2. The summed E-state index contributed by atoms with van der Waals surface area (Å²) in [6.07, 6.45) is 1.51. The van der Waals surface area contributed by atoms with E-state index in [-0.39, 0.29) is 11.1 Å². The molecule has 0 radical (unpaired) electrons. The van der Waals surface area contributed by atoms with Crippen molar-refractivity contribution in [2.75, 3.05) is 0 Å². The summed E-state index contributed by atoms with van der Waals surface area (Å²) < 4.78 is 2.97. The van der Waals surface area contributed by atoms with Crippen molar-refractivity contribution in [3.63, 3.8) is 0 Å². The van der Waals surface area contributed by atoms with Gasteiger partial charge in [-0.2, -0.15) is 0 Å². The second-order valence-electron chi connectivity index (χ2n) is 7.81. The Labute approximate surface area is 177 Å². The number of nitrogens with one attached hydrogen (secondary N) is 1. The molecule has 5 aromatic rings. The largest absolute Gasteiger partial charge is 0.290 e. The molecule has 1 unspecified atom stereocenters. The first kappa shape index (κ1) is 19.0. The van der Waals surface area contributed by atoms with Crippen LogP contribution in [0, 0.1) is 13.8 Å². The van der Waals surface area contributed by atoms with Crippen LogP contribution in [0.15, 0.2) is 70.5 Å². The van der Waals surface area contributed by atoms with E-state index < -0.39 is 6.04 Å². The van der Waals surface area contributed by atoms with Crippen molar-refractivity contribution >= 4 is 16.6 Å². The van der Waals surface area contributed by atoms with E-state index in [4.69, 9.17) is 4.98 Å². The van der Waals surface area contributed by atoms with E-state index in [2.05, 4.69) is 16.1 Å². The standard InChI is InChI=1S/C24H21N5O2/c1-14-7-6-8-17(11-14)22-15(2)23-26-20(12-21(30)29(23)27-22)16(3)28-13-25-19-10-5-4-9-18(19)24(28)31/h4-13,16,27H,1-3H3. The van der Waals surface area contributed by atoms with Crippen LogP contribution < -0.4 is 11.1 Å². The molecule has 1 N–H and O–H groups in total. The van der Waals surface area contributed by atoms with Crippen molar-refractivity contribution in [3.05, 3.63) is 98.5 Å². The lowest BCUT2D eigenvalue weighted by molar-refractivity contribution is 0.591. The maximum Gasteiger partial charge on any atom is 0.272 e. The Hall–Kier alpha value is -4.00. The van der Waals surface area contributed by atoms with Gasteiger partial charge in [0.15, 0.2) is 5.65 Å². The third-order valence-corrected chi connectivity index (χ3v) is 5.71. The molecular weight excluding hydrogens is 390 g/mol. The highest BCUT2D eigenvalue weighted by molar-refractivity contribution is 5.77. The normalized spacial score (nSPS) is 12.5. The number of benzene rings is 2. The van der Waals surface area contributed by atoms with Crippen molar-refractivity contribution in [3.8, 4) is 11.3 Å². The van der Waals surface area contributed by atoms with E-state index in [0.29, 0.717) is 22.2 Å². The van der Waals surface area contributed by atoms with Gasteiger partial charge in [-0.1, -0.05) is 35.9 Å². The predicted molar refractivity (Wildman–Crippen MR) is 121 cm³/mol. The number of aryl methyl sites for hydroxylation is 2. The summed E-state index contributed by atoms with van der Waals surface area (Å²) in [6.45, 7) is 5.81. The molecule has 0 aliphatic carbocycles. The lowest BCUT2D eigenvalue weighted by atomic mass is 10.1. The third-order valence-electron chi connectivity index (χ3n) is 5.71. The Morgan fingerprint density at radius 1 is 1.00 bits per heavy atom. The van der Waals surface area contributed by atoms with Gasteiger partial charge in [-0.3, -0.25) is 19.3 Å². The van der Waals surface area contributed by atoms with Gasteiger partial charge in [0.05, 0.1) is 34.7 Å². The predicted octanol–water partition coefficient (Wildman–Crippen LogP) is 3.63. The number of hydrogen-bond donors (Lipinski definition) is 1. The highest BCUT2D eigenvalue weighted by atomic mass is 16.1. The Bertz CT molecular complexity index is 1580. The zero-order chi connectivity index (χ0) is 21.7. The van der Waals surface area contributed by atoms with E-state index in [1.54, 1.807) is 12.1 Å². The molecule has 0 aliphatic heterocycles. The number of aromatic amines is 1. The molecule has 0 bridgehead atoms. The van der Waals surface area contributed by atoms with Gasteiger partial charge in [0.1, 0.15) is 0 Å². The van der Waals surface area contributed by atoms with Crippen molar-refractivity contribution in [1.29, 1.82) is 0 Å². The van der Waals surface area contributed by atoms with Crippen LogP contribution in [-0.2, 0) is 0 Å². The summed E-state index contributed by atoms with van der Waals surface area (Å²) in [5.74, 6) is 0. The monoisotopic (exact) mass is 411 g/mol.